The maximum atomic E-state index is 12.3. The van der Waals surface area contributed by atoms with Gasteiger partial charge in [0.2, 0.25) is 0 Å². The minimum atomic E-state index is -0.157. The molecule has 1 N–H and O–H groups in total. The summed E-state index contributed by atoms with van der Waals surface area (Å²) in [6.07, 6.45) is 1.83. The molecule has 0 aliphatic heterocycles. The van der Waals surface area contributed by atoms with Crippen LogP contribution in [0.5, 0.6) is 0 Å². The van der Waals surface area contributed by atoms with E-state index in [1.165, 1.54) is 0 Å². The number of amides is 1. The van der Waals surface area contributed by atoms with Crippen LogP contribution in [0.15, 0.2) is 40.9 Å². The van der Waals surface area contributed by atoms with Crippen LogP contribution in [-0.2, 0) is 6.54 Å². The Hall–Kier alpha value is -2.56. The number of rotatable bonds is 3. The van der Waals surface area contributed by atoms with Crippen molar-refractivity contribution in [1.29, 1.82) is 0 Å². The Morgan fingerprint density at radius 3 is 2.90 bits per heavy atom. The first-order valence-electron chi connectivity index (χ1n) is 6.42. The van der Waals surface area contributed by atoms with Crippen LogP contribution < -0.4 is 5.32 Å². The lowest BCUT2D eigenvalue weighted by Crippen LogP contribution is -2.24. The van der Waals surface area contributed by atoms with Crippen LogP contribution in [0.3, 0.4) is 0 Å². The van der Waals surface area contributed by atoms with Gasteiger partial charge in [-0.15, -0.1) is 0 Å². The van der Waals surface area contributed by atoms with Crippen LogP contribution in [0.25, 0.3) is 5.65 Å². The maximum Gasteiger partial charge on any atom is 0.270 e. The molecular weight excluding hydrogens is 254 g/mol. The van der Waals surface area contributed by atoms with E-state index < -0.39 is 0 Å². The molecule has 0 spiro atoms. The van der Waals surface area contributed by atoms with Gasteiger partial charge in [-0.3, -0.25) is 9.20 Å². The van der Waals surface area contributed by atoms with E-state index in [4.69, 9.17) is 4.42 Å². The van der Waals surface area contributed by atoms with E-state index >= 15 is 0 Å². The molecule has 3 aromatic rings. The Kier molecular flexibility index (Phi) is 3.02. The topological polar surface area (TPSA) is 59.5 Å². The third-order valence-electron chi connectivity index (χ3n) is 3.14. The first kappa shape index (κ1) is 12.5. The van der Waals surface area contributed by atoms with E-state index in [2.05, 4.69) is 10.3 Å². The van der Waals surface area contributed by atoms with Crippen molar-refractivity contribution in [2.24, 2.45) is 0 Å². The number of fused-ring (bicyclic) bond motifs is 1. The number of hydrogen-bond acceptors (Lipinski definition) is 3. The smallest absolute Gasteiger partial charge is 0.270 e. The number of imidazole rings is 1. The lowest BCUT2D eigenvalue weighted by Gasteiger charge is -2.04. The molecule has 0 aliphatic carbocycles. The minimum absolute atomic E-state index is 0.157. The third kappa shape index (κ3) is 2.18. The van der Waals surface area contributed by atoms with Gasteiger partial charge in [0.1, 0.15) is 22.9 Å². The highest BCUT2D eigenvalue weighted by molar-refractivity contribution is 5.94. The fourth-order valence-corrected chi connectivity index (χ4v) is 2.22. The summed E-state index contributed by atoms with van der Waals surface area (Å²) in [5, 5.41) is 2.85. The van der Waals surface area contributed by atoms with Gasteiger partial charge in [0.25, 0.3) is 5.91 Å². The molecule has 0 fully saturated rings. The van der Waals surface area contributed by atoms with Crippen LogP contribution >= 0.6 is 0 Å². The number of pyridine rings is 1. The Labute approximate surface area is 116 Å². The predicted molar refractivity (Wildman–Crippen MR) is 74.5 cm³/mol. The summed E-state index contributed by atoms with van der Waals surface area (Å²) in [6.45, 7) is 4.07. The Bertz CT molecular complexity index is 770. The zero-order valence-corrected chi connectivity index (χ0v) is 11.4. The predicted octanol–water partition coefficient (Wildman–Crippen LogP) is 2.47. The molecule has 0 radical (unpaired) electrons. The molecule has 0 atom stereocenters. The standard InChI is InChI=1S/C15H15N3O2/c1-10-6-7-12(20-10)9-16-15(19)14-11(2)17-13-5-3-4-8-18(13)14/h3-8H,9H2,1-2H3,(H,16,19). The van der Waals surface area contributed by atoms with Gasteiger partial charge in [-0.05, 0) is 38.1 Å². The summed E-state index contributed by atoms with van der Waals surface area (Å²) in [5.41, 5.74) is 2.04. The molecule has 0 aliphatic rings. The summed E-state index contributed by atoms with van der Waals surface area (Å²) in [5.74, 6) is 1.41. The fourth-order valence-electron chi connectivity index (χ4n) is 2.22. The highest BCUT2D eigenvalue weighted by Gasteiger charge is 2.16. The second-order valence-corrected chi connectivity index (χ2v) is 4.67. The Morgan fingerprint density at radius 2 is 2.15 bits per heavy atom. The first-order chi connectivity index (χ1) is 9.65. The van der Waals surface area contributed by atoms with Gasteiger partial charge in [0.05, 0.1) is 12.2 Å². The normalized spacial score (nSPS) is 10.9. The number of aryl methyl sites for hydroxylation is 2. The van der Waals surface area contributed by atoms with Gasteiger partial charge < -0.3 is 9.73 Å². The maximum absolute atomic E-state index is 12.3. The van der Waals surface area contributed by atoms with Crippen molar-refractivity contribution in [3.05, 3.63) is 59.4 Å². The number of nitrogens with zero attached hydrogens (tertiary/aromatic N) is 2. The van der Waals surface area contributed by atoms with Gasteiger partial charge in [-0.1, -0.05) is 6.07 Å². The van der Waals surface area contributed by atoms with Gasteiger partial charge >= 0.3 is 0 Å². The van der Waals surface area contributed by atoms with Crippen LogP contribution in [0.2, 0.25) is 0 Å². The number of furan rings is 1. The minimum Gasteiger partial charge on any atom is -0.465 e. The lowest BCUT2D eigenvalue weighted by molar-refractivity contribution is 0.0941. The van der Waals surface area contributed by atoms with Crippen LogP contribution in [-0.4, -0.2) is 15.3 Å². The van der Waals surface area contributed by atoms with Crippen molar-refractivity contribution in [1.82, 2.24) is 14.7 Å². The number of aromatic nitrogens is 2. The average Bonchev–Trinajstić information content (AvgIpc) is 2.98. The van der Waals surface area contributed by atoms with Gasteiger partial charge in [0.15, 0.2) is 0 Å². The number of carbonyl (C=O) groups is 1. The summed E-state index contributed by atoms with van der Waals surface area (Å²) in [7, 11) is 0. The van der Waals surface area contributed by atoms with Crippen LogP contribution in [0.4, 0.5) is 0 Å². The van der Waals surface area contributed by atoms with E-state index in [0.29, 0.717) is 17.9 Å². The van der Waals surface area contributed by atoms with E-state index in [9.17, 15) is 4.79 Å². The zero-order chi connectivity index (χ0) is 14.1. The van der Waals surface area contributed by atoms with Crippen molar-refractivity contribution in [3.8, 4) is 0 Å². The third-order valence-corrected chi connectivity index (χ3v) is 3.14. The number of hydrogen-bond donors (Lipinski definition) is 1. The monoisotopic (exact) mass is 269 g/mol. The largest absolute Gasteiger partial charge is 0.465 e. The lowest BCUT2D eigenvalue weighted by atomic mass is 10.3. The number of nitrogens with one attached hydrogen (secondary N) is 1. The molecule has 0 aromatic carbocycles. The van der Waals surface area contributed by atoms with Crippen molar-refractivity contribution < 1.29 is 9.21 Å². The van der Waals surface area contributed by atoms with Gasteiger partial charge in [-0.25, -0.2) is 4.98 Å². The molecule has 20 heavy (non-hydrogen) atoms. The van der Waals surface area contributed by atoms with Gasteiger partial charge in [-0.2, -0.15) is 0 Å². The molecule has 102 valence electrons. The SMILES string of the molecule is Cc1ccc(CNC(=O)c2c(C)nc3ccccn23)o1. The molecular formula is C15H15N3O2. The van der Waals surface area contributed by atoms with Crippen molar-refractivity contribution in [2.45, 2.75) is 20.4 Å². The first-order valence-corrected chi connectivity index (χ1v) is 6.42. The summed E-state index contributed by atoms with van der Waals surface area (Å²) in [6, 6.07) is 9.38. The van der Waals surface area contributed by atoms with Crippen LogP contribution in [0.1, 0.15) is 27.7 Å². The second kappa shape index (κ2) is 4.85. The molecule has 1 amide bonds. The van der Waals surface area contributed by atoms with E-state index in [1.807, 2.05) is 50.4 Å². The van der Waals surface area contributed by atoms with E-state index in [0.717, 1.165) is 17.2 Å². The molecule has 3 rings (SSSR count). The van der Waals surface area contributed by atoms with E-state index in [1.54, 1.807) is 4.40 Å². The second-order valence-electron chi connectivity index (χ2n) is 4.67. The zero-order valence-electron chi connectivity index (χ0n) is 11.4. The van der Waals surface area contributed by atoms with Crippen LogP contribution in [0, 0.1) is 13.8 Å². The molecule has 5 heteroatoms. The highest BCUT2D eigenvalue weighted by atomic mass is 16.3. The van der Waals surface area contributed by atoms with Crippen molar-refractivity contribution >= 4 is 11.6 Å². The summed E-state index contributed by atoms with van der Waals surface area (Å²) >= 11 is 0. The summed E-state index contributed by atoms with van der Waals surface area (Å²) < 4.78 is 7.22. The van der Waals surface area contributed by atoms with Crippen molar-refractivity contribution in [2.75, 3.05) is 0 Å². The average molecular weight is 269 g/mol. The quantitative estimate of drug-likeness (QED) is 0.794. The Balaban J connectivity index is 1.83. The molecule has 5 nitrogen and oxygen atoms in total. The van der Waals surface area contributed by atoms with Gasteiger partial charge in [0, 0.05) is 6.20 Å². The Morgan fingerprint density at radius 1 is 1.30 bits per heavy atom. The molecule has 0 saturated heterocycles. The van der Waals surface area contributed by atoms with E-state index in [-0.39, 0.29) is 5.91 Å². The summed E-state index contributed by atoms with van der Waals surface area (Å²) in [4.78, 5) is 16.7. The highest BCUT2D eigenvalue weighted by Crippen LogP contribution is 2.12. The molecule has 0 unspecified atom stereocenters. The fraction of sp³-hybridized carbons (Fsp3) is 0.200. The molecule has 0 bridgehead atoms. The van der Waals surface area contributed by atoms with Crippen molar-refractivity contribution in [3.63, 3.8) is 0 Å². The molecule has 3 heterocycles. The number of carbonyl (C=O) groups excluding carboxylic acids is 1. The molecule has 0 saturated carbocycles. The molecule has 3 aromatic heterocycles.